The number of ketones is 1. The molecule has 4 rings (SSSR count). The molecule has 6 nitrogen and oxygen atoms in total. The highest BCUT2D eigenvalue weighted by Gasteiger charge is 2.23. The van der Waals surface area contributed by atoms with Gasteiger partial charge < -0.3 is 18.3 Å². The number of benzene rings is 2. The normalized spacial score (nSPS) is 11.2. The van der Waals surface area contributed by atoms with Crippen LogP contribution in [-0.2, 0) is 16.1 Å². The fourth-order valence-corrected chi connectivity index (χ4v) is 3.00. The third kappa shape index (κ3) is 3.42. The van der Waals surface area contributed by atoms with E-state index in [0.717, 1.165) is 10.8 Å². The molecule has 0 bridgehead atoms. The largest absolute Gasteiger partial charge is 0.453 e. The number of rotatable bonds is 7. The van der Waals surface area contributed by atoms with E-state index in [4.69, 9.17) is 18.3 Å². The van der Waals surface area contributed by atoms with E-state index in [1.807, 2.05) is 43.3 Å². The van der Waals surface area contributed by atoms with Crippen LogP contribution in [0.1, 0.15) is 33.6 Å². The van der Waals surface area contributed by atoms with Crippen LogP contribution in [0, 0.1) is 0 Å². The van der Waals surface area contributed by atoms with Crippen molar-refractivity contribution in [1.29, 1.82) is 0 Å². The average molecular weight is 378 g/mol. The van der Waals surface area contributed by atoms with Crippen molar-refractivity contribution in [3.05, 3.63) is 71.7 Å². The molecule has 0 aliphatic heterocycles. The summed E-state index contributed by atoms with van der Waals surface area (Å²) in [5.41, 5.74) is 1.78. The summed E-state index contributed by atoms with van der Waals surface area (Å²) in [6, 6.07) is 16.2. The fourth-order valence-electron chi connectivity index (χ4n) is 3.00. The van der Waals surface area contributed by atoms with Crippen LogP contribution in [-0.4, -0.2) is 25.0 Å². The molecule has 0 spiro atoms. The molecule has 2 aromatic heterocycles. The van der Waals surface area contributed by atoms with Gasteiger partial charge in [-0.15, -0.1) is 0 Å². The summed E-state index contributed by atoms with van der Waals surface area (Å²) in [6.45, 7) is 2.14. The molecule has 2 heterocycles. The van der Waals surface area contributed by atoms with Crippen LogP contribution < -0.4 is 0 Å². The molecule has 0 aliphatic carbocycles. The number of fused-ring (bicyclic) bond motifs is 2. The van der Waals surface area contributed by atoms with E-state index < -0.39 is 18.4 Å². The molecule has 28 heavy (non-hydrogen) atoms. The Morgan fingerprint density at radius 1 is 0.964 bits per heavy atom. The summed E-state index contributed by atoms with van der Waals surface area (Å²) in [5, 5.41) is 1.60. The number of hydrogen-bond acceptors (Lipinski definition) is 6. The van der Waals surface area contributed by atoms with E-state index in [-0.39, 0.29) is 18.1 Å². The Kier molecular flexibility index (Phi) is 4.95. The van der Waals surface area contributed by atoms with Crippen LogP contribution in [0.15, 0.2) is 63.4 Å². The van der Waals surface area contributed by atoms with E-state index in [2.05, 4.69) is 0 Å². The Bertz CT molecular complexity index is 1120. The maximum absolute atomic E-state index is 12.6. The van der Waals surface area contributed by atoms with Crippen LogP contribution in [0.2, 0.25) is 0 Å². The van der Waals surface area contributed by atoms with Gasteiger partial charge in [-0.05, 0) is 25.1 Å². The number of esters is 1. The first-order valence-corrected chi connectivity index (χ1v) is 8.94. The number of carbonyl (C=O) groups excluding carboxylic acids is 2. The Morgan fingerprint density at radius 2 is 1.71 bits per heavy atom. The van der Waals surface area contributed by atoms with Crippen LogP contribution in [0.4, 0.5) is 0 Å². The summed E-state index contributed by atoms with van der Waals surface area (Å²) in [5.74, 6) is -0.942. The number of furan rings is 2. The zero-order chi connectivity index (χ0) is 19.5. The molecular formula is C22H18O6. The first kappa shape index (κ1) is 18.0. The number of hydrogen-bond donors (Lipinski definition) is 0. The second-order valence-corrected chi connectivity index (χ2v) is 6.19. The molecule has 0 saturated heterocycles. The molecule has 0 radical (unpaired) electrons. The van der Waals surface area contributed by atoms with Crippen molar-refractivity contribution in [2.45, 2.75) is 13.5 Å². The Morgan fingerprint density at radius 3 is 2.50 bits per heavy atom. The van der Waals surface area contributed by atoms with Gasteiger partial charge in [-0.25, -0.2) is 4.79 Å². The average Bonchev–Trinajstić information content (AvgIpc) is 3.31. The van der Waals surface area contributed by atoms with Gasteiger partial charge in [-0.2, -0.15) is 0 Å². The van der Waals surface area contributed by atoms with Crippen LogP contribution in [0.25, 0.3) is 21.9 Å². The molecule has 4 aromatic rings. The van der Waals surface area contributed by atoms with Crippen molar-refractivity contribution >= 4 is 33.7 Å². The van der Waals surface area contributed by atoms with Gasteiger partial charge in [0, 0.05) is 22.9 Å². The maximum atomic E-state index is 12.6. The molecule has 0 saturated carbocycles. The van der Waals surface area contributed by atoms with E-state index in [1.54, 1.807) is 18.2 Å². The third-order valence-corrected chi connectivity index (χ3v) is 4.37. The second-order valence-electron chi connectivity index (χ2n) is 6.19. The van der Waals surface area contributed by atoms with Crippen molar-refractivity contribution in [2.24, 2.45) is 0 Å². The van der Waals surface area contributed by atoms with Crippen molar-refractivity contribution in [1.82, 2.24) is 0 Å². The molecule has 0 aliphatic rings. The number of para-hydroxylation sites is 2. The molecule has 0 N–H and O–H groups in total. The summed E-state index contributed by atoms with van der Waals surface area (Å²) >= 11 is 0. The first-order chi connectivity index (χ1) is 13.7. The van der Waals surface area contributed by atoms with Crippen molar-refractivity contribution in [3.63, 3.8) is 0 Å². The molecule has 0 unspecified atom stereocenters. The topological polar surface area (TPSA) is 78.9 Å². The number of carbonyl (C=O) groups is 2. The fraction of sp³-hybridized carbons (Fsp3) is 0.182. The summed E-state index contributed by atoms with van der Waals surface area (Å²) < 4.78 is 21.8. The van der Waals surface area contributed by atoms with Gasteiger partial charge >= 0.3 is 5.97 Å². The van der Waals surface area contributed by atoms with Crippen molar-refractivity contribution in [2.75, 3.05) is 13.2 Å². The monoisotopic (exact) mass is 378 g/mol. The Labute approximate surface area is 160 Å². The number of Topliss-reactive ketones (excluding diaryl/α,β-unsaturated/α-hetero) is 1. The minimum atomic E-state index is -0.713. The van der Waals surface area contributed by atoms with Crippen LogP contribution >= 0.6 is 0 Å². The van der Waals surface area contributed by atoms with Crippen molar-refractivity contribution < 1.29 is 27.9 Å². The van der Waals surface area contributed by atoms with Gasteiger partial charge in [0.15, 0.2) is 12.4 Å². The van der Waals surface area contributed by atoms with Gasteiger partial charge in [0.2, 0.25) is 11.5 Å². The lowest BCUT2D eigenvalue weighted by molar-refractivity contribution is 0.0433. The highest BCUT2D eigenvalue weighted by Crippen LogP contribution is 2.27. The quantitative estimate of drug-likeness (QED) is 0.341. The van der Waals surface area contributed by atoms with E-state index in [0.29, 0.717) is 23.3 Å². The molecule has 0 atom stereocenters. The maximum Gasteiger partial charge on any atom is 0.375 e. The zero-order valence-electron chi connectivity index (χ0n) is 15.3. The minimum absolute atomic E-state index is 0.0482. The van der Waals surface area contributed by atoms with Gasteiger partial charge in [-0.1, -0.05) is 36.4 Å². The SMILES string of the molecule is CCOCc1c(C(=O)OCC(=O)c2cc3ccccc3o2)oc2ccccc12. The van der Waals surface area contributed by atoms with Gasteiger partial charge in [0.05, 0.1) is 6.61 Å². The second kappa shape index (κ2) is 7.70. The Balaban J connectivity index is 1.52. The predicted molar refractivity (Wildman–Crippen MR) is 102 cm³/mol. The number of ether oxygens (including phenoxy) is 2. The molecular weight excluding hydrogens is 360 g/mol. The van der Waals surface area contributed by atoms with Crippen LogP contribution in [0.5, 0.6) is 0 Å². The highest BCUT2D eigenvalue weighted by atomic mass is 16.5. The minimum Gasteiger partial charge on any atom is -0.453 e. The van der Waals surface area contributed by atoms with Crippen LogP contribution in [0.3, 0.4) is 0 Å². The molecule has 142 valence electrons. The molecule has 0 fully saturated rings. The van der Waals surface area contributed by atoms with Gasteiger partial charge in [0.1, 0.15) is 11.2 Å². The summed E-state index contributed by atoms with van der Waals surface area (Å²) in [7, 11) is 0. The molecule has 2 aromatic carbocycles. The molecule has 6 heteroatoms. The predicted octanol–water partition coefficient (Wildman–Crippen LogP) is 4.76. The lowest BCUT2D eigenvalue weighted by Gasteiger charge is -2.04. The van der Waals surface area contributed by atoms with E-state index in [1.165, 1.54) is 0 Å². The summed E-state index contributed by atoms with van der Waals surface area (Å²) in [6.07, 6.45) is 0. The molecule has 0 amide bonds. The standard InChI is InChI=1S/C22H18O6/c1-2-25-12-16-15-8-4-6-10-19(15)28-21(16)22(24)26-13-17(23)20-11-14-7-3-5-9-18(14)27-20/h3-11H,2,12-13H2,1H3. The van der Waals surface area contributed by atoms with E-state index in [9.17, 15) is 9.59 Å². The Hall–Kier alpha value is -3.38. The highest BCUT2D eigenvalue weighted by molar-refractivity contribution is 6.01. The lowest BCUT2D eigenvalue weighted by Crippen LogP contribution is -2.14. The third-order valence-electron chi connectivity index (χ3n) is 4.37. The smallest absolute Gasteiger partial charge is 0.375 e. The first-order valence-electron chi connectivity index (χ1n) is 8.94. The van der Waals surface area contributed by atoms with Gasteiger partial charge in [0.25, 0.3) is 0 Å². The lowest BCUT2D eigenvalue weighted by atomic mass is 10.1. The van der Waals surface area contributed by atoms with Crippen molar-refractivity contribution in [3.8, 4) is 0 Å². The zero-order valence-corrected chi connectivity index (χ0v) is 15.3. The summed E-state index contributed by atoms with van der Waals surface area (Å²) in [4.78, 5) is 24.9. The van der Waals surface area contributed by atoms with E-state index >= 15 is 0 Å². The van der Waals surface area contributed by atoms with Gasteiger partial charge in [-0.3, -0.25) is 4.79 Å².